The van der Waals surface area contributed by atoms with Gasteiger partial charge in [-0.15, -0.1) is 0 Å². The Morgan fingerprint density at radius 2 is 2.12 bits per heavy atom. The number of carbonyl (C=O) groups excluding carboxylic acids is 2. The summed E-state index contributed by atoms with van der Waals surface area (Å²) in [7, 11) is 1.86. The summed E-state index contributed by atoms with van der Waals surface area (Å²) in [6.07, 6.45) is 7.16. The van der Waals surface area contributed by atoms with E-state index in [1.807, 2.05) is 56.7 Å². The van der Waals surface area contributed by atoms with Crippen LogP contribution in [0.5, 0.6) is 5.75 Å². The minimum absolute atomic E-state index is 0.161. The number of hydrogen-bond donors (Lipinski definition) is 2. The van der Waals surface area contributed by atoms with E-state index in [9.17, 15) is 14.7 Å². The fourth-order valence-corrected chi connectivity index (χ4v) is 3.14. The van der Waals surface area contributed by atoms with Crippen LogP contribution in [0.1, 0.15) is 31.5 Å². The second kappa shape index (κ2) is 8.52. The van der Waals surface area contributed by atoms with E-state index in [2.05, 4.69) is 5.32 Å². The molecule has 1 atom stereocenters. The molecule has 0 fully saturated rings. The van der Waals surface area contributed by atoms with Gasteiger partial charge < -0.3 is 19.8 Å². The summed E-state index contributed by atoms with van der Waals surface area (Å²) < 4.78 is 1.88. The fraction of sp³-hybridized carbons (Fsp3) is 0.333. The van der Waals surface area contributed by atoms with Crippen molar-refractivity contribution in [3.05, 3.63) is 53.3 Å². The third-order valence-electron chi connectivity index (χ3n) is 4.58. The lowest BCUT2D eigenvalue weighted by atomic mass is 10.1. The second-order valence-corrected chi connectivity index (χ2v) is 6.53. The highest BCUT2D eigenvalue weighted by atomic mass is 16.3. The van der Waals surface area contributed by atoms with Crippen molar-refractivity contribution in [2.24, 2.45) is 7.05 Å². The van der Waals surface area contributed by atoms with E-state index >= 15 is 0 Å². The van der Waals surface area contributed by atoms with E-state index in [1.54, 1.807) is 12.1 Å². The van der Waals surface area contributed by atoms with Crippen molar-refractivity contribution in [3.63, 3.8) is 0 Å². The number of fused-ring (bicyclic) bond motifs is 1. The Morgan fingerprint density at radius 3 is 2.77 bits per heavy atom. The topological polar surface area (TPSA) is 71.3 Å². The molecule has 0 aliphatic heterocycles. The van der Waals surface area contributed by atoms with E-state index in [4.69, 9.17) is 0 Å². The Morgan fingerprint density at radius 1 is 1.38 bits per heavy atom. The number of aromatic hydroxyl groups is 1. The Labute approximate surface area is 154 Å². The largest absolute Gasteiger partial charge is 0.506 e. The lowest BCUT2D eigenvalue weighted by Gasteiger charge is -2.13. The number of nitrogens with one attached hydrogen (secondary N) is 1. The molecule has 1 heterocycles. The van der Waals surface area contributed by atoms with Gasteiger partial charge in [-0.2, -0.15) is 0 Å². The molecule has 0 spiro atoms. The summed E-state index contributed by atoms with van der Waals surface area (Å²) in [5.41, 5.74) is 3.52. The van der Waals surface area contributed by atoms with Gasteiger partial charge in [0.15, 0.2) is 0 Å². The first-order chi connectivity index (χ1) is 12.4. The van der Waals surface area contributed by atoms with Crippen molar-refractivity contribution in [1.82, 2.24) is 9.88 Å². The Kier molecular flexibility index (Phi) is 6.39. The molecule has 0 aliphatic carbocycles. The van der Waals surface area contributed by atoms with E-state index in [0.717, 1.165) is 28.5 Å². The first-order valence-corrected chi connectivity index (χ1v) is 8.68. The number of hydrogen-bond acceptors (Lipinski definition) is 3. The summed E-state index contributed by atoms with van der Waals surface area (Å²) in [6, 6.07) is 4.75. The van der Waals surface area contributed by atoms with E-state index in [0.29, 0.717) is 11.9 Å². The minimum atomic E-state index is -0.548. The average Bonchev–Trinajstić information content (AvgIpc) is 2.85. The van der Waals surface area contributed by atoms with Crippen LogP contribution in [-0.4, -0.2) is 27.9 Å². The molecule has 2 aromatic rings. The molecular formula is C21H26N2O3. The highest BCUT2D eigenvalue weighted by Gasteiger charge is 2.19. The number of aldehydes is 1. The summed E-state index contributed by atoms with van der Waals surface area (Å²) in [5, 5.41) is 13.7. The molecule has 1 aromatic carbocycles. The second-order valence-electron chi connectivity index (χ2n) is 6.53. The third-order valence-corrected chi connectivity index (χ3v) is 4.58. The normalized spacial score (nSPS) is 13.3. The molecule has 1 unspecified atom stereocenters. The van der Waals surface area contributed by atoms with Crippen LogP contribution in [0.15, 0.2) is 42.0 Å². The van der Waals surface area contributed by atoms with Crippen molar-refractivity contribution in [3.8, 4) is 5.75 Å². The number of allylic oxidation sites excluding steroid dienone is 3. The number of aryl methyl sites for hydroxylation is 1. The first-order valence-electron chi connectivity index (χ1n) is 8.68. The van der Waals surface area contributed by atoms with Crippen molar-refractivity contribution < 1.29 is 14.7 Å². The summed E-state index contributed by atoms with van der Waals surface area (Å²) in [6.45, 7) is 5.77. The molecule has 138 valence electrons. The maximum atomic E-state index is 12.5. The molecule has 5 nitrogen and oxygen atoms in total. The summed E-state index contributed by atoms with van der Waals surface area (Å²) in [4.78, 5) is 23.8. The van der Waals surface area contributed by atoms with Crippen LogP contribution in [0.4, 0.5) is 0 Å². The van der Waals surface area contributed by atoms with Gasteiger partial charge in [0, 0.05) is 18.1 Å². The number of rotatable bonds is 7. The number of amides is 1. The number of aromatic nitrogens is 1. The predicted octanol–water partition coefficient (Wildman–Crippen LogP) is 3.33. The Balaban J connectivity index is 2.17. The Bertz CT molecular complexity index is 875. The molecule has 26 heavy (non-hydrogen) atoms. The number of benzene rings is 1. The molecule has 2 N–H and O–H groups in total. The highest BCUT2D eigenvalue weighted by Crippen LogP contribution is 2.31. The number of phenolic OH excluding ortho intramolecular Hbond substituents is 1. The maximum absolute atomic E-state index is 12.5. The molecule has 5 heteroatoms. The van der Waals surface area contributed by atoms with Gasteiger partial charge in [-0.05, 0) is 38.8 Å². The molecule has 0 radical (unpaired) electrons. The van der Waals surface area contributed by atoms with Crippen LogP contribution >= 0.6 is 0 Å². The third kappa shape index (κ3) is 4.23. The van der Waals surface area contributed by atoms with Crippen LogP contribution in [0.3, 0.4) is 0 Å². The molecule has 0 saturated heterocycles. The monoisotopic (exact) mass is 354 g/mol. The number of para-hydroxylation sites is 1. The minimum Gasteiger partial charge on any atom is -0.506 e. The number of carbonyl (C=O) groups is 2. The van der Waals surface area contributed by atoms with Crippen LogP contribution in [0, 0.1) is 6.92 Å². The van der Waals surface area contributed by atoms with Gasteiger partial charge in [-0.3, -0.25) is 4.79 Å². The van der Waals surface area contributed by atoms with Crippen molar-refractivity contribution >= 4 is 23.1 Å². The first kappa shape index (κ1) is 19.5. The van der Waals surface area contributed by atoms with Gasteiger partial charge in [-0.25, -0.2) is 0 Å². The van der Waals surface area contributed by atoms with Gasteiger partial charge in [-0.1, -0.05) is 35.9 Å². The standard InChI is InChI=1S/C21H26N2O3/c1-5-6-8-14(2)11-16(13-24)22-20(26)12-18-15(3)23(4)21-17(18)9-7-10-19(21)25/h5-10,13,16,25H,11-12H2,1-4H3,(H,22,26)/b6-5-,14-8+. The van der Waals surface area contributed by atoms with Gasteiger partial charge in [0.05, 0.1) is 18.0 Å². The molecular weight excluding hydrogens is 328 g/mol. The smallest absolute Gasteiger partial charge is 0.225 e. The predicted molar refractivity (Wildman–Crippen MR) is 104 cm³/mol. The van der Waals surface area contributed by atoms with Crippen LogP contribution in [0.2, 0.25) is 0 Å². The fourth-order valence-electron chi connectivity index (χ4n) is 3.14. The van der Waals surface area contributed by atoms with Crippen molar-refractivity contribution in [2.75, 3.05) is 0 Å². The van der Waals surface area contributed by atoms with Crippen molar-refractivity contribution in [1.29, 1.82) is 0 Å². The van der Waals surface area contributed by atoms with Gasteiger partial charge in [0.1, 0.15) is 12.0 Å². The maximum Gasteiger partial charge on any atom is 0.225 e. The zero-order valence-electron chi connectivity index (χ0n) is 15.7. The van der Waals surface area contributed by atoms with Gasteiger partial charge in [0.2, 0.25) is 5.91 Å². The van der Waals surface area contributed by atoms with Crippen LogP contribution in [-0.2, 0) is 23.1 Å². The van der Waals surface area contributed by atoms with E-state index < -0.39 is 6.04 Å². The quantitative estimate of drug-likeness (QED) is 0.592. The molecule has 1 aromatic heterocycles. The average molecular weight is 354 g/mol. The Hall–Kier alpha value is -2.82. The van der Waals surface area contributed by atoms with Crippen LogP contribution in [0.25, 0.3) is 10.9 Å². The van der Waals surface area contributed by atoms with E-state index in [1.165, 1.54) is 0 Å². The van der Waals surface area contributed by atoms with Gasteiger partial charge >= 0.3 is 0 Å². The number of phenols is 1. The molecule has 1 amide bonds. The lowest BCUT2D eigenvalue weighted by molar-refractivity contribution is -0.123. The zero-order chi connectivity index (χ0) is 19.3. The molecule has 2 rings (SSSR count). The summed E-state index contributed by atoms with van der Waals surface area (Å²) >= 11 is 0. The van der Waals surface area contributed by atoms with Gasteiger partial charge in [0.25, 0.3) is 0 Å². The van der Waals surface area contributed by atoms with Crippen molar-refractivity contribution in [2.45, 2.75) is 39.7 Å². The zero-order valence-corrected chi connectivity index (χ0v) is 15.7. The molecule has 0 bridgehead atoms. The van der Waals surface area contributed by atoms with Crippen LogP contribution < -0.4 is 5.32 Å². The summed E-state index contributed by atoms with van der Waals surface area (Å²) in [5.74, 6) is -0.0184. The molecule has 0 aliphatic rings. The van der Waals surface area contributed by atoms with E-state index in [-0.39, 0.29) is 18.1 Å². The molecule has 0 saturated carbocycles. The SMILES string of the molecule is C/C=C\C=C(/C)CC(C=O)NC(=O)Cc1c(C)n(C)c2c(O)cccc12. The lowest BCUT2D eigenvalue weighted by Crippen LogP contribution is -2.37. The highest BCUT2D eigenvalue weighted by molar-refractivity contribution is 5.94. The number of nitrogens with zero attached hydrogens (tertiary/aromatic N) is 1.